The lowest BCUT2D eigenvalue weighted by Gasteiger charge is -2.11. The normalized spacial score (nSPS) is 10.7. The highest BCUT2D eigenvalue weighted by Gasteiger charge is 2.15. The molecule has 0 spiro atoms. The number of aryl methyl sites for hydroxylation is 2. The molecule has 0 atom stereocenters. The van der Waals surface area contributed by atoms with Gasteiger partial charge >= 0.3 is 0 Å². The van der Waals surface area contributed by atoms with Crippen molar-refractivity contribution < 1.29 is 18.4 Å². The third kappa shape index (κ3) is 3.22. The van der Waals surface area contributed by atoms with E-state index in [1.54, 1.807) is 18.3 Å². The molecule has 0 amide bonds. The molecule has 0 N–H and O–H groups in total. The van der Waals surface area contributed by atoms with Gasteiger partial charge in [0.2, 0.25) is 0 Å². The van der Waals surface area contributed by atoms with E-state index in [4.69, 9.17) is 14.0 Å². The fraction of sp³-hybridized carbons (Fsp3) is 0.222. The van der Waals surface area contributed by atoms with E-state index >= 15 is 0 Å². The third-order valence-electron chi connectivity index (χ3n) is 3.64. The van der Waals surface area contributed by atoms with E-state index in [2.05, 4.69) is 10.1 Å². The molecule has 0 bridgehead atoms. The Balaban J connectivity index is 1.88. The first-order valence-electron chi connectivity index (χ1n) is 7.43. The second-order valence-electron chi connectivity index (χ2n) is 5.35. The zero-order chi connectivity index (χ0) is 17.1. The number of nitrogens with zero attached hydrogens (tertiary/aromatic N) is 2. The molecule has 0 radical (unpaired) electrons. The summed E-state index contributed by atoms with van der Waals surface area (Å²) in [5, 5.41) is 3.96. The van der Waals surface area contributed by atoms with Gasteiger partial charge in [0.25, 0.3) is 5.88 Å². The summed E-state index contributed by atoms with van der Waals surface area (Å²) in [6, 6.07) is 7.98. The average Bonchev–Trinajstić information content (AvgIpc) is 2.93. The molecule has 0 fully saturated rings. The lowest BCUT2D eigenvalue weighted by molar-refractivity contribution is 0.279. The molecular weight excluding hydrogens is 311 g/mol. The molecule has 24 heavy (non-hydrogen) atoms. The van der Waals surface area contributed by atoms with Gasteiger partial charge in [0.1, 0.15) is 18.2 Å². The Morgan fingerprint density at radius 1 is 1.17 bits per heavy atom. The smallest absolute Gasteiger partial charge is 0.256 e. The van der Waals surface area contributed by atoms with Gasteiger partial charge in [-0.15, -0.1) is 0 Å². The van der Waals surface area contributed by atoms with Crippen LogP contribution in [0.5, 0.6) is 11.6 Å². The van der Waals surface area contributed by atoms with Crippen LogP contribution in [0, 0.1) is 19.7 Å². The van der Waals surface area contributed by atoms with Gasteiger partial charge in [-0.1, -0.05) is 17.3 Å². The molecule has 0 aliphatic carbocycles. The van der Waals surface area contributed by atoms with E-state index in [1.165, 1.54) is 19.2 Å². The minimum atomic E-state index is -0.279. The van der Waals surface area contributed by atoms with Crippen molar-refractivity contribution in [1.29, 1.82) is 0 Å². The van der Waals surface area contributed by atoms with Gasteiger partial charge in [-0.25, -0.2) is 9.37 Å². The quantitative estimate of drug-likeness (QED) is 0.706. The maximum absolute atomic E-state index is 13.0. The van der Waals surface area contributed by atoms with E-state index in [-0.39, 0.29) is 12.4 Å². The number of aromatic nitrogens is 2. The lowest BCUT2D eigenvalue weighted by atomic mass is 10.1. The number of ether oxygens (including phenoxy) is 2. The first-order chi connectivity index (χ1) is 11.6. The van der Waals surface area contributed by atoms with Gasteiger partial charge in [-0.05, 0) is 37.6 Å². The Kier molecular flexibility index (Phi) is 4.46. The summed E-state index contributed by atoms with van der Waals surface area (Å²) in [5.41, 5.74) is 3.35. The van der Waals surface area contributed by atoms with Crippen molar-refractivity contribution in [3.05, 3.63) is 59.4 Å². The molecular formula is C18H17FN2O3. The summed E-state index contributed by atoms with van der Waals surface area (Å²) in [4.78, 5) is 4.29. The molecule has 2 aromatic heterocycles. The molecule has 3 rings (SSSR count). The summed E-state index contributed by atoms with van der Waals surface area (Å²) in [6.45, 7) is 4.00. The molecule has 2 heterocycles. The van der Waals surface area contributed by atoms with E-state index in [1.807, 2.05) is 19.9 Å². The highest BCUT2D eigenvalue weighted by molar-refractivity contribution is 5.68. The van der Waals surface area contributed by atoms with Crippen LogP contribution in [0.4, 0.5) is 4.39 Å². The number of methoxy groups -OCH3 is 1. The van der Waals surface area contributed by atoms with Gasteiger partial charge in [-0.2, -0.15) is 0 Å². The fourth-order valence-electron chi connectivity index (χ4n) is 2.46. The highest BCUT2D eigenvalue weighted by atomic mass is 19.1. The predicted octanol–water partition coefficient (Wildman–Crippen LogP) is 4.08. The van der Waals surface area contributed by atoms with Crippen LogP contribution in [0.15, 0.2) is 41.1 Å². The van der Waals surface area contributed by atoms with Crippen molar-refractivity contribution in [2.24, 2.45) is 0 Å². The van der Waals surface area contributed by atoms with E-state index < -0.39 is 0 Å². The first-order valence-corrected chi connectivity index (χ1v) is 7.43. The monoisotopic (exact) mass is 328 g/mol. The van der Waals surface area contributed by atoms with Crippen molar-refractivity contribution in [3.63, 3.8) is 0 Å². The summed E-state index contributed by atoms with van der Waals surface area (Å²) in [7, 11) is 1.53. The summed E-state index contributed by atoms with van der Waals surface area (Å²) >= 11 is 0. The first kappa shape index (κ1) is 16.0. The van der Waals surface area contributed by atoms with Crippen LogP contribution in [0.25, 0.3) is 11.1 Å². The number of halogens is 1. The molecule has 1 aromatic carbocycles. The van der Waals surface area contributed by atoms with Crippen molar-refractivity contribution >= 4 is 0 Å². The highest BCUT2D eigenvalue weighted by Crippen LogP contribution is 2.33. The van der Waals surface area contributed by atoms with Gasteiger partial charge in [-0.3, -0.25) is 0 Å². The molecule has 0 unspecified atom stereocenters. The van der Waals surface area contributed by atoms with E-state index in [0.29, 0.717) is 17.4 Å². The van der Waals surface area contributed by atoms with Crippen LogP contribution in [0.3, 0.4) is 0 Å². The number of pyridine rings is 1. The summed E-state index contributed by atoms with van der Waals surface area (Å²) < 4.78 is 29.2. The second-order valence-corrected chi connectivity index (χ2v) is 5.35. The molecule has 3 aromatic rings. The SMILES string of the molecule is COc1ncc(-c2c(C)noc2C)cc1OCc1ccc(F)cc1. The summed E-state index contributed by atoms with van der Waals surface area (Å²) in [5.74, 6) is 1.31. The average molecular weight is 328 g/mol. The minimum absolute atomic E-state index is 0.279. The zero-order valence-electron chi connectivity index (χ0n) is 13.7. The Bertz CT molecular complexity index is 824. The number of hydrogen-bond donors (Lipinski definition) is 0. The van der Waals surface area contributed by atoms with Crippen LogP contribution < -0.4 is 9.47 Å². The molecule has 0 saturated carbocycles. The van der Waals surface area contributed by atoms with Gasteiger partial charge < -0.3 is 14.0 Å². The Morgan fingerprint density at radius 3 is 2.54 bits per heavy atom. The maximum atomic E-state index is 13.0. The molecule has 0 aliphatic rings. The van der Waals surface area contributed by atoms with Gasteiger partial charge in [0, 0.05) is 17.3 Å². The van der Waals surface area contributed by atoms with E-state index in [0.717, 1.165) is 22.4 Å². The predicted molar refractivity (Wildman–Crippen MR) is 86.5 cm³/mol. The number of hydrogen-bond acceptors (Lipinski definition) is 5. The van der Waals surface area contributed by atoms with Gasteiger partial charge in [0.05, 0.1) is 12.8 Å². The molecule has 6 heteroatoms. The second kappa shape index (κ2) is 6.70. The van der Waals surface area contributed by atoms with Crippen molar-refractivity contribution in [1.82, 2.24) is 10.1 Å². The fourth-order valence-corrected chi connectivity index (χ4v) is 2.46. The topological polar surface area (TPSA) is 57.4 Å². The standard InChI is InChI=1S/C18H17FN2O3/c1-11-17(12(2)24-21-11)14-8-16(18(22-3)20-9-14)23-10-13-4-6-15(19)7-5-13/h4-9H,10H2,1-3H3. The molecule has 0 aliphatic heterocycles. The maximum Gasteiger partial charge on any atom is 0.256 e. The molecule has 0 saturated heterocycles. The number of rotatable bonds is 5. The van der Waals surface area contributed by atoms with Crippen LogP contribution in [0.1, 0.15) is 17.0 Å². The lowest BCUT2D eigenvalue weighted by Crippen LogP contribution is -2.00. The molecule has 124 valence electrons. The van der Waals surface area contributed by atoms with Crippen LogP contribution in [-0.2, 0) is 6.61 Å². The Hall–Kier alpha value is -2.89. The minimum Gasteiger partial charge on any atom is -0.483 e. The van der Waals surface area contributed by atoms with Crippen molar-refractivity contribution in [2.45, 2.75) is 20.5 Å². The largest absolute Gasteiger partial charge is 0.483 e. The van der Waals surface area contributed by atoms with Crippen LogP contribution in [0.2, 0.25) is 0 Å². The third-order valence-corrected chi connectivity index (χ3v) is 3.64. The van der Waals surface area contributed by atoms with Crippen molar-refractivity contribution in [3.8, 4) is 22.8 Å². The Morgan fingerprint density at radius 2 is 1.92 bits per heavy atom. The van der Waals surface area contributed by atoms with E-state index in [9.17, 15) is 4.39 Å². The Labute approximate surface area is 139 Å². The van der Waals surface area contributed by atoms with Crippen LogP contribution in [-0.4, -0.2) is 17.3 Å². The van der Waals surface area contributed by atoms with Gasteiger partial charge in [0.15, 0.2) is 5.75 Å². The molecule has 5 nitrogen and oxygen atoms in total. The van der Waals surface area contributed by atoms with Crippen molar-refractivity contribution in [2.75, 3.05) is 7.11 Å². The number of benzene rings is 1. The zero-order valence-corrected chi connectivity index (χ0v) is 13.7. The van der Waals surface area contributed by atoms with Crippen LogP contribution >= 0.6 is 0 Å². The summed E-state index contributed by atoms with van der Waals surface area (Å²) in [6.07, 6.45) is 1.69.